The van der Waals surface area contributed by atoms with Crippen molar-refractivity contribution in [2.45, 2.75) is 17.2 Å². The molecule has 106 valence electrons. The molecule has 0 saturated carbocycles. The van der Waals surface area contributed by atoms with Crippen molar-refractivity contribution >= 4 is 11.8 Å². The summed E-state index contributed by atoms with van der Waals surface area (Å²) in [7, 11) is 0. The van der Waals surface area contributed by atoms with Gasteiger partial charge in [-0.1, -0.05) is 5.16 Å². The van der Waals surface area contributed by atoms with Gasteiger partial charge in [0.2, 0.25) is 0 Å². The second kappa shape index (κ2) is 6.39. The maximum atomic E-state index is 8.80. The predicted octanol–water partition coefficient (Wildman–Crippen LogP) is 2.32. The van der Waals surface area contributed by atoms with Crippen molar-refractivity contribution in [3.8, 4) is 11.5 Å². The fourth-order valence-corrected chi connectivity index (χ4v) is 2.77. The number of benzene rings is 1. The quantitative estimate of drug-likeness (QED) is 0.853. The van der Waals surface area contributed by atoms with Crippen LogP contribution in [0.15, 0.2) is 33.7 Å². The molecule has 0 spiro atoms. The zero-order valence-electron chi connectivity index (χ0n) is 11.0. The highest BCUT2D eigenvalue weighted by Gasteiger charge is 2.23. The molecule has 20 heavy (non-hydrogen) atoms. The van der Waals surface area contributed by atoms with Gasteiger partial charge in [0, 0.05) is 28.7 Å². The lowest BCUT2D eigenvalue weighted by Crippen LogP contribution is -1.99. The van der Waals surface area contributed by atoms with Crippen LogP contribution in [0, 0.1) is 0 Å². The molecule has 0 bridgehead atoms. The number of thioether (sulfide) groups is 1. The lowest BCUT2D eigenvalue weighted by molar-refractivity contribution is 0.192. The van der Waals surface area contributed by atoms with E-state index in [0.29, 0.717) is 18.3 Å². The van der Waals surface area contributed by atoms with Gasteiger partial charge in [0.1, 0.15) is 0 Å². The van der Waals surface area contributed by atoms with Crippen LogP contribution in [-0.4, -0.2) is 40.8 Å². The standard InChI is InChI=1S/C14H16N2O3S/c17-6-8-20-12-3-1-10(2-4-12)14-15-13(16-19-14)11-5-7-18-9-11/h1-4,11,17H,5-9H2/t11-/m0/s1. The van der Waals surface area contributed by atoms with Gasteiger partial charge in [-0.15, -0.1) is 11.8 Å². The fourth-order valence-electron chi connectivity index (χ4n) is 2.11. The smallest absolute Gasteiger partial charge is 0.257 e. The van der Waals surface area contributed by atoms with Gasteiger partial charge in [-0.25, -0.2) is 0 Å². The molecule has 1 N–H and O–H groups in total. The van der Waals surface area contributed by atoms with Gasteiger partial charge in [-0.3, -0.25) is 0 Å². The Morgan fingerprint density at radius 3 is 2.85 bits per heavy atom. The van der Waals surface area contributed by atoms with Crippen molar-refractivity contribution in [3.63, 3.8) is 0 Å². The van der Waals surface area contributed by atoms with Crippen molar-refractivity contribution < 1.29 is 14.4 Å². The van der Waals surface area contributed by atoms with E-state index in [1.165, 1.54) is 0 Å². The second-order valence-corrected chi connectivity index (χ2v) is 5.78. The molecule has 0 unspecified atom stereocenters. The maximum Gasteiger partial charge on any atom is 0.257 e. The monoisotopic (exact) mass is 292 g/mol. The first-order chi connectivity index (χ1) is 9.86. The van der Waals surface area contributed by atoms with Gasteiger partial charge < -0.3 is 14.4 Å². The van der Waals surface area contributed by atoms with E-state index in [1.807, 2.05) is 24.3 Å². The molecule has 0 aliphatic carbocycles. The number of ether oxygens (including phenoxy) is 1. The van der Waals surface area contributed by atoms with Gasteiger partial charge in [-0.05, 0) is 30.7 Å². The normalized spacial score (nSPS) is 18.6. The van der Waals surface area contributed by atoms with Crippen LogP contribution in [0.5, 0.6) is 0 Å². The number of hydrogen-bond donors (Lipinski definition) is 1. The minimum atomic E-state index is 0.183. The average Bonchev–Trinajstić information content (AvgIpc) is 3.16. The summed E-state index contributed by atoms with van der Waals surface area (Å²) in [5.41, 5.74) is 0.913. The van der Waals surface area contributed by atoms with E-state index < -0.39 is 0 Å². The van der Waals surface area contributed by atoms with Crippen molar-refractivity contribution in [3.05, 3.63) is 30.1 Å². The third kappa shape index (κ3) is 3.03. The van der Waals surface area contributed by atoms with Crippen molar-refractivity contribution in [2.24, 2.45) is 0 Å². The van der Waals surface area contributed by atoms with Gasteiger partial charge in [0.05, 0.1) is 13.2 Å². The first kappa shape index (κ1) is 13.6. The minimum Gasteiger partial charge on any atom is -0.396 e. The van der Waals surface area contributed by atoms with E-state index >= 15 is 0 Å². The lowest BCUT2D eigenvalue weighted by atomic mass is 10.1. The van der Waals surface area contributed by atoms with E-state index in [-0.39, 0.29) is 12.5 Å². The fraction of sp³-hybridized carbons (Fsp3) is 0.429. The molecule has 1 aromatic heterocycles. The highest BCUT2D eigenvalue weighted by atomic mass is 32.2. The summed E-state index contributed by atoms with van der Waals surface area (Å²) in [6.45, 7) is 1.63. The molecular weight excluding hydrogens is 276 g/mol. The van der Waals surface area contributed by atoms with E-state index in [0.717, 1.165) is 29.3 Å². The molecule has 1 atom stereocenters. The van der Waals surface area contributed by atoms with Gasteiger partial charge in [0.25, 0.3) is 5.89 Å². The van der Waals surface area contributed by atoms with E-state index in [2.05, 4.69) is 10.1 Å². The molecule has 0 amide bonds. The van der Waals surface area contributed by atoms with Crippen LogP contribution in [0.25, 0.3) is 11.5 Å². The lowest BCUT2D eigenvalue weighted by Gasteiger charge is -2.00. The average molecular weight is 292 g/mol. The Bertz CT molecular complexity index is 550. The van der Waals surface area contributed by atoms with Gasteiger partial charge >= 0.3 is 0 Å². The Hall–Kier alpha value is -1.37. The van der Waals surface area contributed by atoms with Crippen LogP contribution in [0.3, 0.4) is 0 Å². The summed E-state index contributed by atoms with van der Waals surface area (Å²) in [6, 6.07) is 7.92. The van der Waals surface area contributed by atoms with E-state index in [4.69, 9.17) is 14.4 Å². The van der Waals surface area contributed by atoms with Crippen molar-refractivity contribution in [1.82, 2.24) is 10.1 Å². The van der Waals surface area contributed by atoms with Crippen molar-refractivity contribution in [1.29, 1.82) is 0 Å². The predicted molar refractivity (Wildman–Crippen MR) is 75.7 cm³/mol. The van der Waals surface area contributed by atoms with Crippen LogP contribution >= 0.6 is 11.8 Å². The first-order valence-corrected chi connectivity index (χ1v) is 7.61. The third-order valence-corrected chi connectivity index (χ3v) is 4.19. The molecule has 1 saturated heterocycles. The number of aliphatic hydroxyl groups is 1. The third-order valence-electron chi connectivity index (χ3n) is 3.20. The number of aliphatic hydroxyl groups excluding tert-OH is 1. The van der Waals surface area contributed by atoms with Gasteiger partial charge in [0.15, 0.2) is 5.82 Å². The molecule has 1 aliphatic rings. The number of aromatic nitrogens is 2. The Balaban J connectivity index is 1.72. The summed E-state index contributed by atoms with van der Waals surface area (Å²) in [4.78, 5) is 5.57. The molecule has 2 aromatic rings. The summed E-state index contributed by atoms with van der Waals surface area (Å²) in [5.74, 6) is 2.24. The molecule has 5 nitrogen and oxygen atoms in total. The van der Waals surface area contributed by atoms with E-state index in [9.17, 15) is 0 Å². The number of hydrogen-bond acceptors (Lipinski definition) is 6. The van der Waals surface area contributed by atoms with Crippen LogP contribution in [0.4, 0.5) is 0 Å². The highest BCUT2D eigenvalue weighted by molar-refractivity contribution is 7.99. The molecular formula is C14H16N2O3S. The number of rotatable bonds is 5. The van der Waals surface area contributed by atoms with E-state index in [1.54, 1.807) is 11.8 Å². The minimum absolute atomic E-state index is 0.183. The highest BCUT2D eigenvalue weighted by Crippen LogP contribution is 2.27. The molecule has 2 heterocycles. The number of nitrogens with zero attached hydrogens (tertiary/aromatic N) is 2. The maximum absolute atomic E-state index is 8.80. The van der Waals surface area contributed by atoms with Gasteiger partial charge in [-0.2, -0.15) is 4.98 Å². The van der Waals surface area contributed by atoms with Crippen LogP contribution in [0.2, 0.25) is 0 Å². The largest absolute Gasteiger partial charge is 0.396 e. The molecule has 3 rings (SSSR count). The molecule has 6 heteroatoms. The molecule has 1 aromatic carbocycles. The second-order valence-electron chi connectivity index (χ2n) is 4.61. The summed E-state index contributed by atoms with van der Waals surface area (Å²) >= 11 is 1.62. The van der Waals surface area contributed by atoms with Crippen molar-refractivity contribution in [2.75, 3.05) is 25.6 Å². The Morgan fingerprint density at radius 2 is 2.15 bits per heavy atom. The summed E-state index contributed by atoms with van der Waals surface area (Å²) in [6.07, 6.45) is 0.954. The topological polar surface area (TPSA) is 68.4 Å². The summed E-state index contributed by atoms with van der Waals surface area (Å²) < 4.78 is 10.7. The Kier molecular flexibility index (Phi) is 4.34. The molecule has 0 radical (unpaired) electrons. The zero-order valence-corrected chi connectivity index (χ0v) is 11.8. The zero-order chi connectivity index (χ0) is 13.8. The van der Waals surface area contributed by atoms with Crippen LogP contribution in [-0.2, 0) is 4.74 Å². The SMILES string of the molecule is OCCSc1ccc(-c2nc([C@H]3CCOC3)no2)cc1. The Morgan fingerprint density at radius 1 is 1.30 bits per heavy atom. The van der Waals surface area contributed by atoms with Crippen LogP contribution < -0.4 is 0 Å². The van der Waals surface area contributed by atoms with Crippen LogP contribution in [0.1, 0.15) is 18.2 Å². The Labute approximate surface area is 121 Å². The molecule has 1 fully saturated rings. The first-order valence-electron chi connectivity index (χ1n) is 6.62. The summed E-state index contributed by atoms with van der Waals surface area (Å²) in [5, 5.41) is 12.8. The molecule has 1 aliphatic heterocycles.